The second kappa shape index (κ2) is 12.0. The van der Waals surface area contributed by atoms with E-state index >= 15 is 0 Å². The summed E-state index contributed by atoms with van der Waals surface area (Å²) in [5.74, 6) is -0.0509. The first-order chi connectivity index (χ1) is 10.7. The predicted octanol–water partition coefficient (Wildman–Crippen LogP) is 0.381. The fourth-order valence-corrected chi connectivity index (χ4v) is 3.00. The Balaban J connectivity index is 3.61. The minimum Gasteiger partial charge on any atom is -0.378 e. The molecule has 23 heavy (non-hydrogen) atoms. The molecule has 9 heteroatoms. The summed E-state index contributed by atoms with van der Waals surface area (Å²) in [5.41, 5.74) is 0. The zero-order chi connectivity index (χ0) is 17.8. The van der Waals surface area contributed by atoms with Crippen LogP contribution >= 0.6 is 0 Å². The van der Waals surface area contributed by atoms with E-state index in [1.807, 2.05) is 13.8 Å². The first kappa shape index (κ1) is 22.5. The first-order valence-electron chi connectivity index (χ1n) is 7.67. The van der Waals surface area contributed by atoms with Crippen molar-refractivity contribution in [1.29, 1.82) is 0 Å². The summed E-state index contributed by atoms with van der Waals surface area (Å²) >= 11 is 0. The number of rotatable bonds is 15. The van der Waals surface area contributed by atoms with Gasteiger partial charge < -0.3 is 14.8 Å². The Labute approximate surface area is 140 Å². The predicted molar refractivity (Wildman–Crippen MR) is 92.0 cm³/mol. The molecule has 0 bridgehead atoms. The summed E-state index contributed by atoms with van der Waals surface area (Å²) in [6.45, 7) is 8.32. The molecule has 0 amide bonds. The van der Waals surface area contributed by atoms with Gasteiger partial charge in [0.05, 0.1) is 43.7 Å². The van der Waals surface area contributed by atoms with Crippen LogP contribution in [0.25, 0.3) is 0 Å². The third-order valence-corrected chi connectivity index (χ3v) is 6.05. The summed E-state index contributed by atoms with van der Waals surface area (Å²) in [6, 6.07) is 0.309. The fraction of sp³-hybridized carbons (Fsp3) is 0.857. The summed E-state index contributed by atoms with van der Waals surface area (Å²) in [5, 5.41) is 4.03. The molecule has 138 valence electrons. The van der Waals surface area contributed by atoms with Crippen LogP contribution in [0.1, 0.15) is 20.3 Å². The zero-order valence-corrected chi connectivity index (χ0v) is 15.6. The zero-order valence-electron chi connectivity index (χ0n) is 14.0. The molecule has 0 radical (unpaired) electrons. The van der Waals surface area contributed by atoms with Gasteiger partial charge in [-0.25, -0.2) is 16.8 Å². The Hall–Kier alpha value is -0.480. The van der Waals surface area contributed by atoms with E-state index in [1.165, 1.54) is 0 Å². The van der Waals surface area contributed by atoms with Gasteiger partial charge in [-0.1, -0.05) is 13.5 Å². The van der Waals surface area contributed by atoms with Crippen molar-refractivity contribution in [2.45, 2.75) is 26.3 Å². The molecule has 1 N–H and O–H groups in total. The number of sulfone groups is 2. The van der Waals surface area contributed by atoms with Crippen molar-refractivity contribution >= 4 is 19.7 Å². The lowest BCUT2D eigenvalue weighted by atomic mass is 10.3. The van der Waals surface area contributed by atoms with E-state index in [1.54, 1.807) is 0 Å². The number of hydrogen-bond donors (Lipinski definition) is 1. The minimum absolute atomic E-state index is 0.0277. The molecule has 0 heterocycles. The van der Waals surface area contributed by atoms with Gasteiger partial charge in [0.2, 0.25) is 0 Å². The summed E-state index contributed by atoms with van der Waals surface area (Å²) in [7, 11) is -6.36. The molecular weight excluding hydrogens is 342 g/mol. The molecule has 1 unspecified atom stereocenters. The summed E-state index contributed by atoms with van der Waals surface area (Å²) in [6.07, 6.45) is 0.956. The van der Waals surface area contributed by atoms with Gasteiger partial charge in [0.1, 0.15) is 0 Å². The smallest absolute Gasteiger partial charge is 0.173 e. The Morgan fingerprint density at radius 1 is 1.00 bits per heavy atom. The second-order valence-electron chi connectivity index (χ2n) is 5.17. The quantitative estimate of drug-likeness (QED) is 0.416. The molecule has 7 nitrogen and oxygen atoms in total. The van der Waals surface area contributed by atoms with Crippen LogP contribution in [0.15, 0.2) is 12.0 Å². The van der Waals surface area contributed by atoms with Gasteiger partial charge in [-0.2, -0.15) is 0 Å². The lowest BCUT2D eigenvalue weighted by Crippen LogP contribution is -2.31. The van der Waals surface area contributed by atoms with Crippen LogP contribution in [0.5, 0.6) is 0 Å². The van der Waals surface area contributed by atoms with E-state index in [2.05, 4.69) is 11.9 Å². The summed E-state index contributed by atoms with van der Waals surface area (Å²) in [4.78, 5) is 0. The average molecular weight is 372 g/mol. The van der Waals surface area contributed by atoms with Gasteiger partial charge in [-0.05, 0) is 13.3 Å². The third kappa shape index (κ3) is 13.6. The number of nitrogens with one attached hydrogen (secondary N) is 1. The molecule has 0 aliphatic rings. The Morgan fingerprint density at radius 3 is 2.09 bits per heavy atom. The molecular formula is C14H29NO6S2. The Morgan fingerprint density at radius 2 is 1.57 bits per heavy atom. The molecule has 0 aromatic rings. The first-order valence-corrected chi connectivity index (χ1v) is 11.2. The molecule has 0 aromatic heterocycles. The van der Waals surface area contributed by atoms with Gasteiger partial charge in [0.15, 0.2) is 19.7 Å². The monoisotopic (exact) mass is 371 g/mol. The van der Waals surface area contributed by atoms with Crippen molar-refractivity contribution in [3.63, 3.8) is 0 Å². The highest BCUT2D eigenvalue weighted by atomic mass is 32.2. The second-order valence-corrected chi connectivity index (χ2v) is 9.54. The highest BCUT2D eigenvalue weighted by Crippen LogP contribution is 1.94. The maximum absolute atomic E-state index is 11.8. The molecule has 0 saturated heterocycles. The van der Waals surface area contributed by atoms with E-state index in [0.29, 0.717) is 12.6 Å². The highest BCUT2D eigenvalue weighted by molar-refractivity contribution is 7.94. The number of ether oxygens (including phenoxy) is 2. The lowest BCUT2D eigenvalue weighted by molar-refractivity contribution is 0.0597. The van der Waals surface area contributed by atoms with Gasteiger partial charge in [0.25, 0.3) is 0 Å². The van der Waals surface area contributed by atoms with Gasteiger partial charge in [-0.3, -0.25) is 0 Å². The highest BCUT2D eigenvalue weighted by Gasteiger charge is 2.11. The van der Waals surface area contributed by atoms with E-state index < -0.39 is 19.7 Å². The SMILES string of the molecule is C=CS(=O)(=O)CCOCCOCCS(=O)(=O)CCNC(C)CC. The molecule has 1 atom stereocenters. The fourth-order valence-electron chi connectivity index (χ4n) is 1.47. The topological polar surface area (TPSA) is 98.8 Å². The van der Waals surface area contributed by atoms with Crippen LogP contribution < -0.4 is 5.32 Å². The van der Waals surface area contributed by atoms with Crippen molar-refractivity contribution in [3.05, 3.63) is 12.0 Å². The van der Waals surface area contributed by atoms with E-state index in [9.17, 15) is 16.8 Å². The maximum atomic E-state index is 11.8. The molecule has 0 saturated carbocycles. The molecule has 0 aliphatic carbocycles. The molecule has 0 aliphatic heterocycles. The standard InChI is InChI=1S/C14H29NO6S2/c1-4-14(3)15-6-11-23(18,19)13-10-21-8-7-20-9-12-22(16,17)5-2/h5,14-15H,2,4,6-13H2,1,3H3. The van der Waals surface area contributed by atoms with E-state index in [-0.39, 0.29) is 43.7 Å². The maximum Gasteiger partial charge on any atom is 0.173 e. The molecule has 0 rings (SSSR count). The van der Waals surface area contributed by atoms with Gasteiger partial charge >= 0.3 is 0 Å². The molecule has 0 fully saturated rings. The van der Waals surface area contributed by atoms with Crippen LogP contribution in [0.3, 0.4) is 0 Å². The summed E-state index contributed by atoms with van der Waals surface area (Å²) < 4.78 is 56.0. The van der Waals surface area contributed by atoms with Crippen LogP contribution in [0.2, 0.25) is 0 Å². The van der Waals surface area contributed by atoms with Crippen molar-refractivity contribution < 1.29 is 26.3 Å². The van der Waals surface area contributed by atoms with Gasteiger partial charge in [-0.15, -0.1) is 0 Å². The largest absolute Gasteiger partial charge is 0.378 e. The van der Waals surface area contributed by atoms with Crippen LogP contribution in [-0.2, 0) is 29.1 Å². The van der Waals surface area contributed by atoms with Crippen molar-refractivity contribution in [2.24, 2.45) is 0 Å². The van der Waals surface area contributed by atoms with E-state index in [0.717, 1.165) is 11.8 Å². The van der Waals surface area contributed by atoms with Crippen molar-refractivity contribution in [1.82, 2.24) is 5.32 Å². The molecule has 0 aromatic carbocycles. The normalized spacial score (nSPS) is 13.8. The minimum atomic E-state index is -3.24. The van der Waals surface area contributed by atoms with E-state index in [4.69, 9.17) is 9.47 Å². The van der Waals surface area contributed by atoms with Crippen molar-refractivity contribution in [3.8, 4) is 0 Å². The average Bonchev–Trinajstić information content (AvgIpc) is 2.49. The van der Waals surface area contributed by atoms with Crippen LogP contribution in [0, 0.1) is 0 Å². The molecule has 0 spiro atoms. The Bertz CT molecular complexity index is 515. The van der Waals surface area contributed by atoms with Crippen LogP contribution in [-0.4, -0.2) is 73.1 Å². The third-order valence-electron chi connectivity index (χ3n) is 3.20. The van der Waals surface area contributed by atoms with Gasteiger partial charge in [0, 0.05) is 18.0 Å². The Kier molecular flexibility index (Phi) is 11.7. The van der Waals surface area contributed by atoms with Crippen molar-refractivity contribution in [2.75, 3.05) is 50.2 Å². The lowest BCUT2D eigenvalue weighted by Gasteiger charge is -2.11. The van der Waals surface area contributed by atoms with Crippen LogP contribution in [0.4, 0.5) is 0 Å². The number of hydrogen-bond acceptors (Lipinski definition) is 7.